The van der Waals surface area contributed by atoms with Gasteiger partial charge < -0.3 is 31.7 Å². The average Bonchev–Trinajstić information content (AvgIpc) is 3.48. The first-order chi connectivity index (χ1) is 25.7. The number of anilines is 5. The molecule has 0 aliphatic rings. The van der Waals surface area contributed by atoms with Crippen molar-refractivity contribution in [3.8, 4) is 5.75 Å². The Morgan fingerprint density at radius 3 is 2.31 bits per heavy atom. The number of amides is 3. The maximum atomic E-state index is 15.0. The van der Waals surface area contributed by atoms with Gasteiger partial charge in [-0.3, -0.25) is 29.8 Å². The minimum atomic E-state index is -1.42. The zero-order chi connectivity index (χ0) is 39.4. The van der Waals surface area contributed by atoms with E-state index in [0.717, 1.165) is 49.6 Å². The first-order valence-electron chi connectivity index (χ1n) is 16.7. The summed E-state index contributed by atoms with van der Waals surface area (Å²) < 4.78 is 50.1. The van der Waals surface area contributed by atoms with E-state index in [0.29, 0.717) is 28.8 Å². The van der Waals surface area contributed by atoms with Crippen LogP contribution in [-0.2, 0) is 4.79 Å². The molecule has 0 atom stereocenters. The fourth-order valence-electron chi connectivity index (χ4n) is 5.14. The summed E-state index contributed by atoms with van der Waals surface area (Å²) in [7, 11) is 0. The number of unbranched alkanes of at least 4 members (excludes halogenated alkanes) is 3. The second-order valence-corrected chi connectivity index (χ2v) is 14.1. The van der Waals surface area contributed by atoms with E-state index >= 15 is 0 Å². The molecule has 0 spiro atoms. The van der Waals surface area contributed by atoms with Crippen molar-refractivity contribution in [3.63, 3.8) is 0 Å². The van der Waals surface area contributed by atoms with Crippen LogP contribution in [0.4, 0.5) is 46.1 Å². The van der Waals surface area contributed by atoms with Crippen LogP contribution in [0.15, 0.2) is 42.5 Å². The molecule has 1 heterocycles. The summed E-state index contributed by atoms with van der Waals surface area (Å²) in [5.74, 6) is -5.93. The van der Waals surface area contributed by atoms with Gasteiger partial charge in [-0.25, -0.2) is 13.8 Å². The van der Waals surface area contributed by atoms with Crippen LogP contribution in [0.25, 0.3) is 0 Å². The number of nitrogens with one attached hydrogen (secondary N) is 5. The van der Waals surface area contributed by atoms with Gasteiger partial charge in [0.05, 0.1) is 39.7 Å². The molecule has 0 radical (unpaired) electrons. The molecule has 0 aliphatic carbocycles. The molecule has 7 N–H and O–H groups in total. The number of hydrogen-bond donors (Lipinski definition) is 6. The van der Waals surface area contributed by atoms with Gasteiger partial charge in [0.2, 0.25) is 11.7 Å². The van der Waals surface area contributed by atoms with E-state index in [2.05, 4.69) is 31.6 Å². The number of carbonyl (C=O) groups excluding carboxylic acids is 3. The highest BCUT2D eigenvalue weighted by molar-refractivity contribution is 14.1. The number of halogens is 4. The number of hydrogen-bond acceptors (Lipinski definition) is 11. The highest BCUT2D eigenvalue weighted by Crippen LogP contribution is 2.34. The molecule has 3 aromatic carbocycles. The summed E-state index contributed by atoms with van der Waals surface area (Å²) >= 11 is 2.65. The van der Waals surface area contributed by atoms with Crippen LogP contribution >= 0.6 is 33.9 Å². The van der Waals surface area contributed by atoms with Crippen LogP contribution < -0.4 is 37.1 Å². The Balaban J connectivity index is 1.14. The lowest BCUT2D eigenvalue weighted by Gasteiger charge is -2.16. The second kappa shape index (κ2) is 19.9. The second-order valence-electron chi connectivity index (χ2n) is 11.9. The number of benzene rings is 3. The fraction of sp³-hybridized carbons (Fsp3) is 0.314. The molecule has 19 heteroatoms. The predicted octanol–water partition coefficient (Wildman–Crippen LogP) is 7.47. The molecule has 0 unspecified atom stereocenters. The fourth-order valence-corrected chi connectivity index (χ4v) is 6.37. The van der Waals surface area contributed by atoms with Crippen molar-refractivity contribution in [1.29, 1.82) is 0 Å². The summed E-state index contributed by atoms with van der Waals surface area (Å²) in [6, 6.07) is 9.97. The predicted molar refractivity (Wildman–Crippen MR) is 209 cm³/mol. The van der Waals surface area contributed by atoms with Crippen LogP contribution in [0.5, 0.6) is 5.75 Å². The lowest BCUT2D eigenvalue weighted by atomic mass is 10.1. The smallest absolute Gasteiger partial charge is 0.348 e. The molecule has 0 fully saturated rings. The van der Waals surface area contributed by atoms with Crippen LogP contribution in [0.1, 0.15) is 65.4 Å². The molecule has 0 aliphatic heterocycles. The average molecular weight is 883 g/mol. The maximum absolute atomic E-state index is 15.0. The number of primary amides is 1. The topological polar surface area (TPSA) is 203 Å². The SMILES string of the molecule is CC(=O)Nc1cc(NCCCCCCNCCCOc2cc(C(N)=O)c(Nc3ccc(I)cc3F)c(F)c2F)ccc1C(=O)Nc1nc(C)c([N+](=O)[O-])s1. The van der Waals surface area contributed by atoms with Gasteiger partial charge in [-0.1, -0.05) is 12.8 Å². The van der Waals surface area contributed by atoms with Crippen LogP contribution in [0.2, 0.25) is 0 Å². The number of aryl methyl sites for hydroxylation is 1. The molecule has 1 aromatic heterocycles. The molecule has 0 saturated carbocycles. The van der Waals surface area contributed by atoms with Gasteiger partial charge in [-0.05, 0) is 116 Å². The Labute approximate surface area is 326 Å². The standard InChI is InChI=1S/C35H38F3IN8O6S/c1-19-34(47(51)52)54-35(43-19)46-33(50)23-10-9-22(17-27(23)44-20(2)48)42-14-6-4-3-5-12-41-13-7-15-53-28-18-24(32(40)49)31(30(38)29(28)37)45-26-11-8-21(39)16-25(26)36/h8-11,16-18,41-42,45H,3-7,12-15H2,1-2H3,(H2,40,49)(H,44,48)(H,43,46,50). The molecule has 288 valence electrons. The minimum absolute atomic E-state index is 0.0391. The van der Waals surface area contributed by atoms with Crippen molar-refractivity contribution in [2.24, 2.45) is 5.73 Å². The van der Waals surface area contributed by atoms with Gasteiger partial charge in [-0.15, -0.1) is 0 Å². The molecular formula is C35H38F3IN8O6S. The van der Waals surface area contributed by atoms with Gasteiger partial charge in [0, 0.05) is 22.7 Å². The molecule has 54 heavy (non-hydrogen) atoms. The van der Waals surface area contributed by atoms with Crippen molar-refractivity contribution in [1.82, 2.24) is 10.3 Å². The Hall–Kier alpha value is -5.02. The largest absolute Gasteiger partial charge is 0.490 e. The minimum Gasteiger partial charge on any atom is -0.490 e. The highest BCUT2D eigenvalue weighted by atomic mass is 127. The number of nitrogens with two attached hydrogens (primary N) is 1. The van der Waals surface area contributed by atoms with Crippen molar-refractivity contribution >= 4 is 84.5 Å². The zero-order valence-electron chi connectivity index (χ0n) is 29.2. The van der Waals surface area contributed by atoms with Gasteiger partial charge in [-0.2, -0.15) is 4.39 Å². The molecule has 3 amide bonds. The van der Waals surface area contributed by atoms with Gasteiger partial charge >= 0.3 is 5.00 Å². The van der Waals surface area contributed by atoms with E-state index in [4.69, 9.17) is 10.5 Å². The summed E-state index contributed by atoms with van der Waals surface area (Å²) in [5, 5.41) is 25.2. The first kappa shape index (κ1) is 41.7. The van der Waals surface area contributed by atoms with Crippen LogP contribution in [0.3, 0.4) is 0 Å². The third kappa shape index (κ3) is 11.7. The number of carbonyl (C=O) groups is 3. The normalized spacial score (nSPS) is 10.9. The molecule has 4 rings (SSSR count). The number of nitro groups is 1. The molecule has 0 saturated heterocycles. The Morgan fingerprint density at radius 1 is 0.926 bits per heavy atom. The number of ether oxygens (including phenoxy) is 1. The number of rotatable bonds is 20. The van der Waals surface area contributed by atoms with E-state index in [1.54, 1.807) is 24.3 Å². The number of nitrogens with zero attached hydrogens (tertiary/aromatic N) is 2. The molecule has 0 bridgehead atoms. The lowest BCUT2D eigenvalue weighted by molar-refractivity contribution is -0.380. The number of aromatic nitrogens is 1. The Bertz CT molecular complexity index is 2020. The Morgan fingerprint density at radius 2 is 1.65 bits per heavy atom. The van der Waals surface area contributed by atoms with Gasteiger partial charge in [0.1, 0.15) is 11.5 Å². The zero-order valence-corrected chi connectivity index (χ0v) is 32.2. The van der Waals surface area contributed by atoms with Crippen molar-refractivity contribution < 1.29 is 37.2 Å². The third-order valence-electron chi connectivity index (χ3n) is 7.73. The quantitative estimate of drug-likeness (QED) is 0.0224. The van der Waals surface area contributed by atoms with E-state index in [1.165, 1.54) is 26.0 Å². The van der Waals surface area contributed by atoms with Crippen molar-refractivity contribution in [3.05, 3.63) is 90.4 Å². The van der Waals surface area contributed by atoms with E-state index in [1.807, 2.05) is 22.6 Å². The highest BCUT2D eigenvalue weighted by Gasteiger charge is 2.24. The van der Waals surface area contributed by atoms with Crippen LogP contribution in [0, 0.1) is 38.1 Å². The maximum Gasteiger partial charge on any atom is 0.348 e. The summed E-state index contributed by atoms with van der Waals surface area (Å²) in [5.41, 5.74) is 5.60. The van der Waals surface area contributed by atoms with Crippen LogP contribution in [-0.4, -0.2) is 53.9 Å². The van der Waals surface area contributed by atoms with E-state index in [-0.39, 0.29) is 50.8 Å². The van der Waals surface area contributed by atoms with E-state index < -0.39 is 45.6 Å². The van der Waals surface area contributed by atoms with Crippen molar-refractivity contribution in [2.75, 3.05) is 47.5 Å². The van der Waals surface area contributed by atoms with Gasteiger partial charge in [0.15, 0.2) is 16.7 Å². The molecular weight excluding hydrogens is 844 g/mol. The first-order valence-corrected chi connectivity index (χ1v) is 18.6. The lowest BCUT2D eigenvalue weighted by Crippen LogP contribution is -2.19. The third-order valence-corrected chi connectivity index (χ3v) is 9.42. The van der Waals surface area contributed by atoms with E-state index in [9.17, 15) is 37.7 Å². The summed E-state index contributed by atoms with van der Waals surface area (Å²) in [6.07, 6.45) is 4.11. The van der Waals surface area contributed by atoms with Crippen molar-refractivity contribution in [2.45, 2.75) is 46.0 Å². The summed E-state index contributed by atoms with van der Waals surface area (Å²) in [6.45, 7) is 4.76. The molecule has 4 aromatic rings. The summed E-state index contributed by atoms with van der Waals surface area (Å²) in [4.78, 5) is 51.3. The monoisotopic (exact) mass is 882 g/mol. The molecule has 14 nitrogen and oxygen atoms in total. The Kier molecular flexibility index (Phi) is 15.4. The van der Waals surface area contributed by atoms with Gasteiger partial charge in [0.25, 0.3) is 11.8 Å². The number of thiazole rings is 1.